The zero-order chi connectivity index (χ0) is 17.2. The number of imidazole rings is 1. The molecule has 0 atom stereocenters. The molecule has 0 radical (unpaired) electrons. The Kier molecular flexibility index (Phi) is 3.86. The number of pyridine rings is 1. The number of phenolic OH excluding ortho intramolecular Hbond substituents is 1. The van der Waals surface area contributed by atoms with Gasteiger partial charge in [0.1, 0.15) is 22.9 Å². The van der Waals surface area contributed by atoms with Crippen LogP contribution < -0.4 is 5.32 Å². The van der Waals surface area contributed by atoms with Crippen molar-refractivity contribution in [3.05, 3.63) is 84.1 Å². The Labute approximate surface area is 146 Å². The number of fused-ring (bicyclic) bond motifs is 1. The molecule has 0 aliphatic heterocycles. The number of hydrogen-bond donors (Lipinski definition) is 2. The van der Waals surface area contributed by atoms with E-state index in [4.69, 9.17) is 4.98 Å². The zero-order valence-electron chi connectivity index (χ0n) is 14.0. The van der Waals surface area contributed by atoms with Gasteiger partial charge in [-0.25, -0.2) is 4.98 Å². The largest absolute Gasteiger partial charge is 0.508 e. The highest BCUT2D eigenvalue weighted by atomic mass is 16.3. The molecule has 0 saturated carbocycles. The van der Waals surface area contributed by atoms with Gasteiger partial charge in [0.15, 0.2) is 0 Å². The third kappa shape index (κ3) is 3.06. The molecule has 124 valence electrons. The highest BCUT2D eigenvalue weighted by Crippen LogP contribution is 2.30. The Hall–Kier alpha value is -3.27. The maximum atomic E-state index is 9.56. The number of nitrogens with one attached hydrogen (secondary N) is 1. The van der Waals surface area contributed by atoms with Gasteiger partial charge in [-0.3, -0.25) is 4.40 Å². The van der Waals surface area contributed by atoms with Gasteiger partial charge in [0.2, 0.25) is 0 Å². The van der Waals surface area contributed by atoms with Gasteiger partial charge < -0.3 is 10.4 Å². The SMILES string of the molecule is Cc1ccn2c(NCc3ccccc3)c(-c3ccc(O)cc3)nc2c1. The number of hydrogen-bond acceptors (Lipinski definition) is 3. The van der Waals surface area contributed by atoms with Gasteiger partial charge in [-0.05, 0) is 54.4 Å². The summed E-state index contributed by atoms with van der Waals surface area (Å²) in [7, 11) is 0. The molecule has 0 unspecified atom stereocenters. The van der Waals surface area contributed by atoms with Crippen LogP contribution in [0.2, 0.25) is 0 Å². The molecule has 0 spiro atoms. The number of aryl methyl sites for hydroxylation is 1. The number of aromatic hydroxyl groups is 1. The van der Waals surface area contributed by atoms with Crippen LogP contribution in [0.25, 0.3) is 16.9 Å². The summed E-state index contributed by atoms with van der Waals surface area (Å²) < 4.78 is 2.07. The van der Waals surface area contributed by atoms with Crippen LogP contribution in [0.15, 0.2) is 72.9 Å². The van der Waals surface area contributed by atoms with Gasteiger partial charge in [0.25, 0.3) is 0 Å². The highest BCUT2D eigenvalue weighted by Gasteiger charge is 2.14. The van der Waals surface area contributed by atoms with Gasteiger partial charge in [-0.2, -0.15) is 0 Å². The molecule has 2 aromatic carbocycles. The molecule has 4 aromatic rings. The number of aromatic nitrogens is 2. The quantitative estimate of drug-likeness (QED) is 0.574. The second-order valence-corrected chi connectivity index (χ2v) is 6.13. The topological polar surface area (TPSA) is 49.6 Å². The van der Waals surface area contributed by atoms with Crippen LogP contribution >= 0.6 is 0 Å². The van der Waals surface area contributed by atoms with Crippen molar-refractivity contribution in [3.63, 3.8) is 0 Å². The first kappa shape index (κ1) is 15.3. The lowest BCUT2D eigenvalue weighted by Crippen LogP contribution is -2.03. The fraction of sp³-hybridized carbons (Fsp3) is 0.0952. The van der Waals surface area contributed by atoms with E-state index >= 15 is 0 Å². The van der Waals surface area contributed by atoms with E-state index in [0.717, 1.165) is 22.7 Å². The highest BCUT2D eigenvalue weighted by molar-refractivity contribution is 5.77. The maximum Gasteiger partial charge on any atom is 0.139 e. The molecule has 0 aliphatic rings. The van der Waals surface area contributed by atoms with Crippen LogP contribution in [0, 0.1) is 6.92 Å². The Morgan fingerprint density at radius 1 is 1.00 bits per heavy atom. The Morgan fingerprint density at radius 2 is 1.76 bits per heavy atom. The maximum absolute atomic E-state index is 9.56. The fourth-order valence-corrected chi connectivity index (χ4v) is 2.92. The summed E-state index contributed by atoms with van der Waals surface area (Å²) in [6.07, 6.45) is 2.04. The van der Waals surface area contributed by atoms with E-state index in [1.165, 1.54) is 11.1 Å². The summed E-state index contributed by atoms with van der Waals surface area (Å²) in [5.41, 5.74) is 5.13. The summed E-state index contributed by atoms with van der Waals surface area (Å²) in [4.78, 5) is 4.80. The first-order valence-electron chi connectivity index (χ1n) is 8.26. The van der Waals surface area contributed by atoms with Gasteiger partial charge in [-0.1, -0.05) is 30.3 Å². The molecular weight excluding hydrogens is 310 g/mol. The van der Waals surface area contributed by atoms with Crippen molar-refractivity contribution in [1.29, 1.82) is 0 Å². The molecule has 4 nitrogen and oxygen atoms in total. The average Bonchev–Trinajstić information content (AvgIpc) is 2.99. The number of benzene rings is 2. The Morgan fingerprint density at radius 3 is 2.52 bits per heavy atom. The third-order valence-corrected chi connectivity index (χ3v) is 4.23. The predicted molar refractivity (Wildman–Crippen MR) is 101 cm³/mol. The Bertz CT molecular complexity index is 1000. The molecule has 2 N–H and O–H groups in total. The number of anilines is 1. The summed E-state index contributed by atoms with van der Waals surface area (Å²) in [6, 6.07) is 21.6. The van der Waals surface area contributed by atoms with Crippen LogP contribution in [0.3, 0.4) is 0 Å². The van der Waals surface area contributed by atoms with E-state index in [0.29, 0.717) is 6.54 Å². The zero-order valence-corrected chi connectivity index (χ0v) is 14.0. The molecule has 0 amide bonds. The molecule has 4 heteroatoms. The lowest BCUT2D eigenvalue weighted by atomic mass is 10.1. The van der Waals surface area contributed by atoms with Crippen molar-refractivity contribution in [1.82, 2.24) is 9.38 Å². The first-order chi connectivity index (χ1) is 12.2. The van der Waals surface area contributed by atoms with Crippen molar-refractivity contribution < 1.29 is 5.11 Å². The smallest absolute Gasteiger partial charge is 0.139 e. The van der Waals surface area contributed by atoms with Crippen molar-refractivity contribution in [2.24, 2.45) is 0 Å². The number of nitrogens with zero attached hydrogens (tertiary/aromatic N) is 2. The Balaban J connectivity index is 1.79. The van der Waals surface area contributed by atoms with E-state index in [9.17, 15) is 5.11 Å². The molecule has 4 rings (SSSR count). The lowest BCUT2D eigenvalue weighted by Gasteiger charge is -2.09. The predicted octanol–water partition coefficient (Wildman–Crippen LogP) is 4.63. The second-order valence-electron chi connectivity index (χ2n) is 6.13. The molecule has 0 aliphatic carbocycles. The van der Waals surface area contributed by atoms with Gasteiger partial charge in [-0.15, -0.1) is 0 Å². The van der Waals surface area contributed by atoms with Crippen molar-refractivity contribution >= 4 is 11.5 Å². The minimum atomic E-state index is 0.252. The van der Waals surface area contributed by atoms with E-state index in [1.54, 1.807) is 12.1 Å². The van der Waals surface area contributed by atoms with E-state index in [2.05, 4.69) is 40.9 Å². The van der Waals surface area contributed by atoms with Crippen LogP contribution in [-0.4, -0.2) is 14.5 Å². The summed E-state index contributed by atoms with van der Waals surface area (Å²) >= 11 is 0. The van der Waals surface area contributed by atoms with Crippen LogP contribution in [0.1, 0.15) is 11.1 Å². The average molecular weight is 329 g/mol. The normalized spacial score (nSPS) is 10.9. The molecular formula is C21H19N3O. The van der Waals surface area contributed by atoms with Crippen LogP contribution in [0.5, 0.6) is 5.75 Å². The van der Waals surface area contributed by atoms with E-state index in [-0.39, 0.29) is 5.75 Å². The van der Waals surface area contributed by atoms with Crippen molar-refractivity contribution in [2.75, 3.05) is 5.32 Å². The van der Waals surface area contributed by atoms with Gasteiger partial charge in [0.05, 0.1) is 0 Å². The molecule has 0 bridgehead atoms. The summed E-state index contributed by atoms with van der Waals surface area (Å²) in [5, 5.41) is 13.1. The third-order valence-electron chi connectivity index (χ3n) is 4.23. The van der Waals surface area contributed by atoms with Crippen molar-refractivity contribution in [2.45, 2.75) is 13.5 Å². The standard InChI is InChI=1S/C21H19N3O/c1-15-11-12-24-19(13-15)23-20(17-7-9-18(25)10-8-17)21(24)22-14-16-5-3-2-4-6-16/h2-13,22,25H,14H2,1H3. The molecule has 0 fully saturated rings. The van der Waals surface area contributed by atoms with Gasteiger partial charge in [0, 0.05) is 18.3 Å². The molecule has 25 heavy (non-hydrogen) atoms. The van der Waals surface area contributed by atoms with E-state index in [1.807, 2.05) is 36.5 Å². The number of phenols is 1. The van der Waals surface area contributed by atoms with E-state index < -0.39 is 0 Å². The lowest BCUT2D eigenvalue weighted by molar-refractivity contribution is 0.475. The summed E-state index contributed by atoms with van der Waals surface area (Å²) in [5.74, 6) is 1.20. The molecule has 2 aromatic heterocycles. The minimum Gasteiger partial charge on any atom is -0.508 e. The molecule has 0 saturated heterocycles. The van der Waals surface area contributed by atoms with Crippen molar-refractivity contribution in [3.8, 4) is 17.0 Å². The second kappa shape index (κ2) is 6.32. The van der Waals surface area contributed by atoms with Gasteiger partial charge >= 0.3 is 0 Å². The fourth-order valence-electron chi connectivity index (χ4n) is 2.92. The minimum absolute atomic E-state index is 0.252. The first-order valence-corrected chi connectivity index (χ1v) is 8.26. The van der Waals surface area contributed by atoms with Crippen LogP contribution in [0.4, 0.5) is 5.82 Å². The molecule has 2 heterocycles. The monoisotopic (exact) mass is 329 g/mol. The summed E-state index contributed by atoms with van der Waals surface area (Å²) in [6.45, 7) is 2.78. The van der Waals surface area contributed by atoms with Crippen LogP contribution in [-0.2, 0) is 6.54 Å². The number of rotatable bonds is 4.